The van der Waals surface area contributed by atoms with E-state index in [2.05, 4.69) is 10.2 Å². The maximum absolute atomic E-state index is 12.3. The molecule has 1 aromatic rings. The largest absolute Gasteiger partial charge is 0.490 e. The first kappa shape index (κ1) is 16.9. The monoisotopic (exact) mass is 300 g/mol. The number of carbonyl (C=O) groups is 1. The highest BCUT2D eigenvalue weighted by molar-refractivity contribution is 5.91. The average molecular weight is 300 g/mol. The van der Waals surface area contributed by atoms with E-state index in [1.807, 2.05) is 0 Å². The number of rotatable bonds is 7. The van der Waals surface area contributed by atoms with Crippen molar-refractivity contribution in [2.45, 2.75) is 13.5 Å². The summed E-state index contributed by atoms with van der Waals surface area (Å²) in [5.74, 6) is -0.138. The Kier molecular flexibility index (Phi) is 6.61. The summed E-state index contributed by atoms with van der Waals surface area (Å²) >= 11 is 0. The molecule has 0 unspecified atom stereocenters. The van der Waals surface area contributed by atoms with E-state index in [1.165, 1.54) is 23.2 Å². The van der Waals surface area contributed by atoms with E-state index in [1.54, 1.807) is 33.2 Å². The minimum absolute atomic E-state index is 0.0401. The number of amides is 1. The van der Waals surface area contributed by atoms with Crippen LogP contribution in [0.3, 0.4) is 0 Å². The fourth-order valence-corrected chi connectivity index (χ4v) is 1.52. The summed E-state index contributed by atoms with van der Waals surface area (Å²) in [6.45, 7) is -0.871. The summed E-state index contributed by atoms with van der Waals surface area (Å²) in [5.41, 5.74) is 3.18. The lowest BCUT2D eigenvalue weighted by Gasteiger charge is -2.12. The Hall–Kier alpha value is -2.15. The molecule has 0 saturated carbocycles. The number of nitrogens with zero attached hydrogens (tertiary/aromatic N) is 1. The molecule has 7 heteroatoms. The van der Waals surface area contributed by atoms with E-state index < -0.39 is 6.61 Å². The molecule has 116 valence electrons. The van der Waals surface area contributed by atoms with Crippen molar-refractivity contribution in [3.63, 3.8) is 0 Å². The molecule has 0 aromatic heterocycles. The highest BCUT2D eigenvalue weighted by Crippen LogP contribution is 2.30. The Morgan fingerprint density at radius 2 is 2.10 bits per heavy atom. The smallest absolute Gasteiger partial charge is 0.387 e. The lowest BCUT2D eigenvalue weighted by Crippen LogP contribution is -2.34. The van der Waals surface area contributed by atoms with Gasteiger partial charge < -0.3 is 9.47 Å². The third-order valence-electron chi connectivity index (χ3n) is 2.24. The molecule has 0 aliphatic rings. The van der Waals surface area contributed by atoms with E-state index in [9.17, 15) is 13.6 Å². The average Bonchev–Trinajstić information content (AvgIpc) is 2.38. The number of hydrazine groups is 1. The Bertz CT molecular complexity index is 505. The molecular formula is C14H18F2N2O3. The first-order valence-corrected chi connectivity index (χ1v) is 6.30. The first-order chi connectivity index (χ1) is 9.92. The van der Waals surface area contributed by atoms with Gasteiger partial charge in [0.1, 0.15) is 0 Å². The highest BCUT2D eigenvalue weighted by Gasteiger charge is 2.11. The van der Waals surface area contributed by atoms with Crippen molar-refractivity contribution in [2.75, 3.05) is 20.7 Å². The van der Waals surface area contributed by atoms with Crippen molar-refractivity contribution in [3.05, 3.63) is 29.8 Å². The lowest BCUT2D eigenvalue weighted by molar-refractivity contribution is -0.119. The molecule has 0 atom stereocenters. The second kappa shape index (κ2) is 8.21. The van der Waals surface area contributed by atoms with Crippen LogP contribution in [-0.2, 0) is 4.79 Å². The molecule has 0 bridgehead atoms. The fraction of sp³-hybridized carbons (Fsp3) is 0.357. The third-order valence-corrected chi connectivity index (χ3v) is 2.24. The van der Waals surface area contributed by atoms with E-state index in [-0.39, 0.29) is 17.4 Å². The summed E-state index contributed by atoms with van der Waals surface area (Å²) in [4.78, 5) is 11.5. The van der Waals surface area contributed by atoms with Gasteiger partial charge in [0.2, 0.25) is 0 Å². The van der Waals surface area contributed by atoms with Crippen LogP contribution < -0.4 is 14.9 Å². The molecule has 1 aromatic carbocycles. The number of halogens is 2. The van der Waals surface area contributed by atoms with Gasteiger partial charge in [0.15, 0.2) is 11.5 Å². The van der Waals surface area contributed by atoms with Crippen LogP contribution in [0.5, 0.6) is 11.5 Å². The van der Waals surface area contributed by atoms with Crippen LogP contribution in [0.2, 0.25) is 0 Å². The van der Waals surface area contributed by atoms with Gasteiger partial charge in [0.05, 0.1) is 6.61 Å². The summed E-state index contributed by atoms with van der Waals surface area (Å²) in [5, 5.41) is 1.51. The van der Waals surface area contributed by atoms with Gasteiger partial charge in [-0.3, -0.25) is 10.2 Å². The molecule has 1 rings (SSSR count). The molecule has 1 N–H and O–H groups in total. The molecule has 21 heavy (non-hydrogen) atoms. The molecule has 0 aliphatic carbocycles. The molecule has 0 spiro atoms. The second-order valence-corrected chi connectivity index (χ2v) is 4.22. The maximum atomic E-state index is 12.3. The summed E-state index contributed by atoms with van der Waals surface area (Å²) in [6.07, 6.45) is 2.88. The molecule has 1 amide bonds. The molecule has 0 aliphatic heterocycles. The number of benzene rings is 1. The highest BCUT2D eigenvalue weighted by atomic mass is 19.3. The van der Waals surface area contributed by atoms with Crippen molar-refractivity contribution in [3.8, 4) is 11.5 Å². The maximum Gasteiger partial charge on any atom is 0.387 e. The van der Waals surface area contributed by atoms with Crippen LogP contribution in [0.15, 0.2) is 24.3 Å². The Labute approximate surface area is 122 Å². The predicted octanol–water partition coefficient (Wildman–Crippen LogP) is 2.29. The Morgan fingerprint density at radius 3 is 2.67 bits per heavy atom. The zero-order chi connectivity index (χ0) is 15.8. The van der Waals surface area contributed by atoms with Crippen molar-refractivity contribution < 1.29 is 23.0 Å². The molecular weight excluding hydrogens is 282 g/mol. The van der Waals surface area contributed by atoms with Crippen molar-refractivity contribution in [2.24, 2.45) is 0 Å². The third kappa shape index (κ3) is 6.22. The van der Waals surface area contributed by atoms with Crippen LogP contribution in [-0.4, -0.2) is 38.2 Å². The Balaban J connectivity index is 2.87. The molecule has 5 nitrogen and oxygen atoms in total. The summed E-state index contributed by atoms with van der Waals surface area (Å²) in [7, 11) is 3.38. The van der Waals surface area contributed by atoms with E-state index in [0.717, 1.165) is 0 Å². The Morgan fingerprint density at radius 1 is 1.38 bits per heavy atom. The molecule has 0 fully saturated rings. The van der Waals surface area contributed by atoms with Crippen LogP contribution >= 0.6 is 0 Å². The van der Waals surface area contributed by atoms with Crippen molar-refractivity contribution in [1.82, 2.24) is 10.4 Å². The van der Waals surface area contributed by atoms with E-state index in [0.29, 0.717) is 12.2 Å². The van der Waals surface area contributed by atoms with Crippen LogP contribution in [0.1, 0.15) is 12.5 Å². The van der Waals surface area contributed by atoms with Gasteiger partial charge in [-0.15, -0.1) is 0 Å². The number of ether oxygens (including phenoxy) is 2. The number of carbonyl (C=O) groups excluding carboxylic acids is 1. The fourth-order valence-electron chi connectivity index (χ4n) is 1.52. The van der Waals surface area contributed by atoms with Crippen molar-refractivity contribution in [1.29, 1.82) is 0 Å². The number of hydrogen-bond donors (Lipinski definition) is 1. The minimum atomic E-state index is -2.92. The van der Waals surface area contributed by atoms with Gasteiger partial charge in [-0.05, 0) is 30.7 Å². The van der Waals surface area contributed by atoms with Gasteiger partial charge in [0, 0.05) is 20.2 Å². The topological polar surface area (TPSA) is 50.8 Å². The zero-order valence-corrected chi connectivity index (χ0v) is 12.1. The van der Waals surface area contributed by atoms with E-state index in [4.69, 9.17) is 4.74 Å². The first-order valence-electron chi connectivity index (χ1n) is 6.30. The van der Waals surface area contributed by atoms with Crippen LogP contribution in [0, 0.1) is 0 Å². The van der Waals surface area contributed by atoms with Crippen LogP contribution in [0.4, 0.5) is 8.78 Å². The number of alkyl halides is 2. The van der Waals surface area contributed by atoms with E-state index >= 15 is 0 Å². The van der Waals surface area contributed by atoms with Gasteiger partial charge in [-0.25, -0.2) is 5.01 Å². The summed E-state index contributed by atoms with van der Waals surface area (Å²) < 4.78 is 34.1. The molecule has 0 saturated heterocycles. The lowest BCUT2D eigenvalue weighted by atomic mass is 10.2. The standard InChI is InChI=1S/C14H18F2N2O3/c1-4-20-12-9-10(5-7-11(12)21-14(15)16)6-8-13(19)17-18(2)3/h5-9,14H,4H2,1-3H3,(H,17,19)/b8-6+. The number of nitrogens with one attached hydrogen (secondary N) is 1. The molecule has 0 radical (unpaired) electrons. The van der Waals surface area contributed by atoms with Crippen LogP contribution in [0.25, 0.3) is 6.08 Å². The normalized spacial score (nSPS) is 11.2. The quantitative estimate of drug-likeness (QED) is 0.620. The predicted molar refractivity (Wildman–Crippen MR) is 75.1 cm³/mol. The zero-order valence-electron chi connectivity index (χ0n) is 12.1. The number of hydrogen-bond acceptors (Lipinski definition) is 4. The summed E-state index contributed by atoms with van der Waals surface area (Å²) in [6, 6.07) is 4.46. The van der Waals surface area contributed by atoms with Gasteiger partial charge in [-0.1, -0.05) is 6.07 Å². The van der Waals surface area contributed by atoms with Crippen molar-refractivity contribution >= 4 is 12.0 Å². The van der Waals surface area contributed by atoms with Gasteiger partial charge in [0.25, 0.3) is 5.91 Å². The SMILES string of the molecule is CCOc1cc(/C=C/C(=O)NN(C)C)ccc1OC(F)F. The molecule has 0 heterocycles. The van der Waals surface area contributed by atoms with Gasteiger partial charge >= 0.3 is 6.61 Å². The minimum Gasteiger partial charge on any atom is -0.490 e. The van der Waals surface area contributed by atoms with Gasteiger partial charge in [-0.2, -0.15) is 8.78 Å². The second-order valence-electron chi connectivity index (χ2n) is 4.22.